The maximum atomic E-state index is 12.5. The molecule has 0 saturated carbocycles. The highest BCUT2D eigenvalue weighted by Gasteiger charge is 2.37. The molecular weight excluding hydrogens is 244 g/mol. The summed E-state index contributed by atoms with van der Waals surface area (Å²) in [4.78, 5) is 14.4. The summed E-state index contributed by atoms with van der Waals surface area (Å²) >= 11 is 5.04. The fraction of sp³-hybridized carbons (Fsp3) is 0.429. The van der Waals surface area contributed by atoms with E-state index in [9.17, 15) is 4.79 Å². The van der Waals surface area contributed by atoms with Crippen LogP contribution in [0.4, 0.5) is 5.69 Å². The first-order valence-corrected chi connectivity index (χ1v) is 6.39. The third-order valence-corrected chi connectivity index (χ3v) is 3.95. The van der Waals surface area contributed by atoms with Gasteiger partial charge in [-0.25, -0.2) is 0 Å². The SMILES string of the molecule is CCC(C)(C(=O)N(C)c1ccccc1C)C(N)=S. The molecule has 1 aromatic carbocycles. The van der Waals surface area contributed by atoms with Gasteiger partial charge >= 0.3 is 0 Å². The van der Waals surface area contributed by atoms with Crippen LogP contribution in [0.2, 0.25) is 0 Å². The molecule has 0 saturated heterocycles. The van der Waals surface area contributed by atoms with E-state index < -0.39 is 5.41 Å². The van der Waals surface area contributed by atoms with E-state index in [0.29, 0.717) is 6.42 Å². The van der Waals surface area contributed by atoms with Crippen LogP contribution in [-0.2, 0) is 4.79 Å². The second kappa shape index (κ2) is 5.48. The van der Waals surface area contributed by atoms with Crippen LogP contribution in [0, 0.1) is 12.3 Å². The Balaban J connectivity index is 3.12. The van der Waals surface area contributed by atoms with Crippen LogP contribution >= 0.6 is 12.2 Å². The molecule has 2 N–H and O–H groups in total. The van der Waals surface area contributed by atoms with Crippen LogP contribution in [0.3, 0.4) is 0 Å². The summed E-state index contributed by atoms with van der Waals surface area (Å²) in [5.74, 6) is -0.0631. The minimum atomic E-state index is -0.785. The molecule has 18 heavy (non-hydrogen) atoms. The molecule has 0 aromatic heterocycles. The van der Waals surface area contributed by atoms with E-state index in [0.717, 1.165) is 11.3 Å². The quantitative estimate of drug-likeness (QED) is 0.850. The minimum Gasteiger partial charge on any atom is -0.392 e. The highest BCUT2D eigenvalue weighted by atomic mass is 32.1. The molecule has 0 bridgehead atoms. The van der Waals surface area contributed by atoms with Gasteiger partial charge in [-0.3, -0.25) is 4.79 Å². The summed E-state index contributed by atoms with van der Waals surface area (Å²) in [6.07, 6.45) is 0.595. The van der Waals surface area contributed by atoms with Gasteiger partial charge < -0.3 is 10.6 Å². The highest BCUT2D eigenvalue weighted by molar-refractivity contribution is 7.80. The Kier molecular flexibility index (Phi) is 4.46. The number of thiocarbonyl (C=S) groups is 1. The molecule has 1 unspecified atom stereocenters. The first-order valence-electron chi connectivity index (χ1n) is 5.98. The van der Waals surface area contributed by atoms with Crippen LogP contribution < -0.4 is 10.6 Å². The summed E-state index contributed by atoms with van der Waals surface area (Å²) < 4.78 is 0. The number of hydrogen-bond donors (Lipinski definition) is 1. The zero-order valence-electron chi connectivity index (χ0n) is 11.4. The van der Waals surface area contributed by atoms with E-state index in [1.807, 2.05) is 38.1 Å². The number of nitrogens with zero attached hydrogens (tertiary/aromatic N) is 1. The number of nitrogens with two attached hydrogens (primary N) is 1. The summed E-state index contributed by atoms with van der Waals surface area (Å²) in [6.45, 7) is 5.69. The van der Waals surface area contributed by atoms with E-state index in [2.05, 4.69) is 0 Å². The Bertz CT molecular complexity index is 473. The first kappa shape index (κ1) is 14.6. The number of carbonyl (C=O) groups is 1. The van der Waals surface area contributed by atoms with Crippen molar-refractivity contribution in [3.8, 4) is 0 Å². The second-order valence-corrected chi connectivity index (χ2v) is 5.14. The molecule has 1 rings (SSSR count). The highest BCUT2D eigenvalue weighted by Crippen LogP contribution is 2.28. The molecule has 1 amide bonds. The smallest absolute Gasteiger partial charge is 0.239 e. The third-order valence-electron chi connectivity index (χ3n) is 3.50. The van der Waals surface area contributed by atoms with Crippen molar-refractivity contribution in [3.05, 3.63) is 29.8 Å². The number of amides is 1. The van der Waals surface area contributed by atoms with Gasteiger partial charge in [-0.05, 0) is 31.9 Å². The maximum Gasteiger partial charge on any atom is 0.239 e. The molecule has 0 fully saturated rings. The molecular formula is C14H20N2OS. The molecule has 0 heterocycles. The van der Waals surface area contributed by atoms with Crippen molar-refractivity contribution in [1.29, 1.82) is 0 Å². The van der Waals surface area contributed by atoms with Gasteiger partial charge in [0.2, 0.25) is 5.91 Å². The number of rotatable bonds is 4. The lowest BCUT2D eigenvalue weighted by molar-refractivity contribution is -0.124. The lowest BCUT2D eigenvalue weighted by Gasteiger charge is -2.31. The fourth-order valence-electron chi connectivity index (χ4n) is 1.85. The normalized spacial score (nSPS) is 13.8. The fourth-order valence-corrected chi connectivity index (χ4v) is 2.08. The molecule has 0 aliphatic rings. The summed E-state index contributed by atoms with van der Waals surface area (Å²) in [5, 5.41) is 0. The van der Waals surface area contributed by atoms with Crippen LogP contribution in [0.25, 0.3) is 0 Å². The molecule has 0 radical (unpaired) electrons. The van der Waals surface area contributed by atoms with E-state index in [-0.39, 0.29) is 10.9 Å². The van der Waals surface area contributed by atoms with Crippen molar-refractivity contribution in [1.82, 2.24) is 0 Å². The molecule has 0 aliphatic heterocycles. The van der Waals surface area contributed by atoms with Gasteiger partial charge in [-0.15, -0.1) is 0 Å². The van der Waals surface area contributed by atoms with Gasteiger partial charge in [0.25, 0.3) is 0 Å². The molecule has 3 nitrogen and oxygen atoms in total. The van der Waals surface area contributed by atoms with Gasteiger partial charge in [0.05, 0.1) is 10.4 Å². The summed E-state index contributed by atoms with van der Waals surface area (Å²) in [7, 11) is 1.76. The lowest BCUT2D eigenvalue weighted by Crippen LogP contribution is -2.47. The first-order chi connectivity index (χ1) is 8.34. The van der Waals surface area contributed by atoms with Crippen molar-refractivity contribution < 1.29 is 4.79 Å². The van der Waals surface area contributed by atoms with Crippen molar-refractivity contribution in [2.24, 2.45) is 11.1 Å². The van der Waals surface area contributed by atoms with Crippen molar-refractivity contribution in [3.63, 3.8) is 0 Å². The van der Waals surface area contributed by atoms with Crippen molar-refractivity contribution in [2.75, 3.05) is 11.9 Å². The van der Waals surface area contributed by atoms with E-state index >= 15 is 0 Å². The molecule has 1 aromatic rings. The number of carbonyl (C=O) groups excluding carboxylic acids is 1. The average Bonchev–Trinajstić information content (AvgIpc) is 2.36. The number of para-hydroxylation sites is 1. The van der Waals surface area contributed by atoms with Crippen molar-refractivity contribution >= 4 is 28.8 Å². The van der Waals surface area contributed by atoms with Crippen molar-refractivity contribution in [2.45, 2.75) is 27.2 Å². The zero-order valence-corrected chi connectivity index (χ0v) is 12.2. The molecule has 98 valence electrons. The predicted octanol–water partition coefficient (Wildman–Crippen LogP) is 2.66. The summed E-state index contributed by atoms with van der Waals surface area (Å²) in [5.41, 5.74) is 6.87. The van der Waals surface area contributed by atoms with Gasteiger partial charge in [-0.1, -0.05) is 37.3 Å². The van der Waals surface area contributed by atoms with Crippen LogP contribution in [0.5, 0.6) is 0 Å². The lowest BCUT2D eigenvalue weighted by atomic mass is 9.85. The largest absolute Gasteiger partial charge is 0.392 e. The Labute approximate surface area is 114 Å². The Morgan fingerprint density at radius 3 is 2.44 bits per heavy atom. The molecule has 1 atom stereocenters. The number of benzene rings is 1. The number of anilines is 1. The molecule has 0 aliphatic carbocycles. The standard InChI is InChI=1S/C14H20N2OS/c1-5-14(3,12(15)18)13(17)16(4)11-9-7-6-8-10(11)2/h6-9H,5H2,1-4H3,(H2,15,18). The van der Waals surface area contributed by atoms with Crippen LogP contribution in [-0.4, -0.2) is 17.9 Å². The monoisotopic (exact) mass is 264 g/mol. The van der Waals surface area contributed by atoms with Gasteiger partial charge in [0.1, 0.15) is 0 Å². The Morgan fingerprint density at radius 2 is 2.00 bits per heavy atom. The third kappa shape index (κ3) is 2.53. The zero-order chi connectivity index (χ0) is 13.9. The molecule has 4 heteroatoms. The van der Waals surface area contributed by atoms with Gasteiger partial charge in [0, 0.05) is 12.7 Å². The topological polar surface area (TPSA) is 46.3 Å². The number of hydrogen-bond acceptors (Lipinski definition) is 2. The van der Waals surface area contributed by atoms with E-state index in [1.165, 1.54) is 0 Å². The van der Waals surface area contributed by atoms with Crippen LogP contribution in [0.15, 0.2) is 24.3 Å². The minimum absolute atomic E-state index is 0.0631. The predicted molar refractivity (Wildman–Crippen MR) is 79.8 cm³/mol. The second-order valence-electron chi connectivity index (χ2n) is 4.70. The summed E-state index contributed by atoms with van der Waals surface area (Å²) in [6, 6.07) is 7.76. The van der Waals surface area contributed by atoms with E-state index in [4.69, 9.17) is 18.0 Å². The van der Waals surface area contributed by atoms with Gasteiger partial charge in [-0.2, -0.15) is 0 Å². The Hall–Kier alpha value is -1.42. The van der Waals surface area contributed by atoms with E-state index in [1.54, 1.807) is 18.9 Å². The average molecular weight is 264 g/mol. The Morgan fingerprint density at radius 1 is 1.44 bits per heavy atom. The maximum absolute atomic E-state index is 12.5. The van der Waals surface area contributed by atoms with Gasteiger partial charge in [0.15, 0.2) is 0 Å². The van der Waals surface area contributed by atoms with Crippen LogP contribution in [0.1, 0.15) is 25.8 Å². The molecule has 0 spiro atoms. The number of aryl methyl sites for hydroxylation is 1.